The highest BCUT2D eigenvalue weighted by Crippen LogP contribution is 2.29. The first-order valence-electron chi connectivity index (χ1n) is 9.33. The average molecular weight is 459 g/mol. The average Bonchev–Trinajstić information content (AvgIpc) is 2.76. The van der Waals surface area contributed by atoms with Crippen LogP contribution in [0, 0.1) is 0 Å². The number of rotatable bonds is 8. The molecule has 0 aliphatic heterocycles. The van der Waals surface area contributed by atoms with E-state index in [1.807, 2.05) is 13.0 Å². The lowest BCUT2D eigenvalue weighted by Crippen LogP contribution is -2.20. The van der Waals surface area contributed by atoms with Crippen molar-refractivity contribution in [3.05, 3.63) is 67.0 Å². The monoisotopic (exact) mass is 458 g/mol. The van der Waals surface area contributed by atoms with E-state index in [1.54, 1.807) is 48.8 Å². The van der Waals surface area contributed by atoms with Crippen molar-refractivity contribution in [2.24, 2.45) is 0 Å². The molecule has 3 rings (SSSR count). The van der Waals surface area contributed by atoms with Crippen molar-refractivity contribution in [3.8, 4) is 11.5 Å². The van der Waals surface area contributed by atoms with E-state index in [4.69, 9.17) is 21.7 Å². The fourth-order valence-electron chi connectivity index (χ4n) is 2.66. The Kier molecular flexibility index (Phi) is 7.27. The predicted octanol–water partition coefficient (Wildman–Crippen LogP) is 4.10. The standard InChI is InChI=1S/C21H22N4O4S2/c1-3-29-17-8-6-15(7-9-17)25-31(26,27)18-10-11-19(20(13-18)28-2)24-21(30)23-16-5-4-12-22-14-16/h4-14,25H,3H2,1-2H3,(H2,23,24,30). The summed E-state index contributed by atoms with van der Waals surface area (Å²) in [6, 6.07) is 14.7. The molecule has 3 N–H and O–H groups in total. The molecule has 0 aliphatic carbocycles. The Morgan fingerprint density at radius 1 is 1.06 bits per heavy atom. The normalized spacial score (nSPS) is 10.8. The van der Waals surface area contributed by atoms with Crippen LogP contribution in [0.3, 0.4) is 0 Å². The highest BCUT2D eigenvalue weighted by molar-refractivity contribution is 7.92. The molecular weight excluding hydrogens is 436 g/mol. The summed E-state index contributed by atoms with van der Waals surface area (Å²) in [5.74, 6) is 0.989. The van der Waals surface area contributed by atoms with E-state index >= 15 is 0 Å². The molecule has 162 valence electrons. The fraction of sp³-hybridized carbons (Fsp3) is 0.143. The van der Waals surface area contributed by atoms with Crippen molar-refractivity contribution in [1.29, 1.82) is 0 Å². The molecular formula is C21H22N4O4S2. The second-order valence-electron chi connectivity index (χ2n) is 6.25. The zero-order valence-electron chi connectivity index (χ0n) is 17.0. The number of nitrogens with zero attached hydrogens (tertiary/aromatic N) is 1. The molecule has 3 aromatic rings. The first-order valence-corrected chi connectivity index (χ1v) is 11.2. The van der Waals surface area contributed by atoms with E-state index in [-0.39, 0.29) is 4.90 Å². The van der Waals surface area contributed by atoms with Crippen LogP contribution in [0.15, 0.2) is 71.9 Å². The van der Waals surface area contributed by atoms with Gasteiger partial charge in [0.05, 0.1) is 36.2 Å². The molecule has 1 aromatic heterocycles. The largest absolute Gasteiger partial charge is 0.495 e. The zero-order chi connectivity index (χ0) is 22.3. The van der Waals surface area contributed by atoms with E-state index in [1.165, 1.54) is 19.2 Å². The van der Waals surface area contributed by atoms with Gasteiger partial charge in [0.15, 0.2) is 5.11 Å². The van der Waals surface area contributed by atoms with Crippen LogP contribution in [0.4, 0.5) is 17.1 Å². The van der Waals surface area contributed by atoms with Crippen LogP contribution in [0.25, 0.3) is 0 Å². The minimum Gasteiger partial charge on any atom is -0.495 e. The highest BCUT2D eigenvalue weighted by Gasteiger charge is 2.17. The summed E-state index contributed by atoms with van der Waals surface area (Å²) in [5.41, 5.74) is 1.66. The van der Waals surface area contributed by atoms with Crippen molar-refractivity contribution in [1.82, 2.24) is 4.98 Å². The fourth-order valence-corrected chi connectivity index (χ4v) is 3.96. The van der Waals surface area contributed by atoms with E-state index < -0.39 is 10.0 Å². The maximum absolute atomic E-state index is 12.8. The molecule has 2 aromatic carbocycles. The number of anilines is 3. The third-order valence-corrected chi connectivity index (χ3v) is 5.65. The quantitative estimate of drug-likeness (QED) is 0.434. The third-order valence-electron chi connectivity index (χ3n) is 4.07. The minimum absolute atomic E-state index is 0.0509. The molecule has 1 heterocycles. The van der Waals surface area contributed by atoms with Gasteiger partial charge in [-0.15, -0.1) is 0 Å². The molecule has 0 saturated carbocycles. The van der Waals surface area contributed by atoms with Crippen LogP contribution in [0.1, 0.15) is 6.92 Å². The highest BCUT2D eigenvalue weighted by atomic mass is 32.2. The number of ether oxygens (including phenoxy) is 2. The third kappa shape index (κ3) is 6.06. The second kappa shape index (κ2) is 10.1. The molecule has 0 amide bonds. The Balaban J connectivity index is 1.74. The van der Waals surface area contributed by atoms with Gasteiger partial charge in [-0.3, -0.25) is 9.71 Å². The zero-order valence-corrected chi connectivity index (χ0v) is 18.6. The first-order chi connectivity index (χ1) is 14.9. The van der Waals surface area contributed by atoms with Crippen LogP contribution >= 0.6 is 12.2 Å². The van der Waals surface area contributed by atoms with Gasteiger partial charge in [-0.05, 0) is 67.7 Å². The summed E-state index contributed by atoms with van der Waals surface area (Å²) in [4.78, 5) is 4.06. The molecule has 0 fully saturated rings. The lowest BCUT2D eigenvalue weighted by Gasteiger charge is -2.15. The molecule has 31 heavy (non-hydrogen) atoms. The molecule has 0 aliphatic rings. The van der Waals surface area contributed by atoms with Gasteiger partial charge in [0.25, 0.3) is 10.0 Å². The van der Waals surface area contributed by atoms with Crippen LogP contribution in [-0.2, 0) is 10.0 Å². The number of methoxy groups -OCH3 is 1. The van der Waals surface area contributed by atoms with E-state index in [2.05, 4.69) is 20.3 Å². The van der Waals surface area contributed by atoms with Gasteiger partial charge < -0.3 is 20.1 Å². The molecule has 0 bridgehead atoms. The Bertz CT molecular complexity index is 1140. The Morgan fingerprint density at radius 3 is 2.48 bits per heavy atom. The lowest BCUT2D eigenvalue weighted by molar-refractivity contribution is 0.340. The second-order valence-corrected chi connectivity index (χ2v) is 8.34. The number of thiocarbonyl (C=S) groups is 1. The molecule has 10 heteroatoms. The Labute approximate surface area is 186 Å². The maximum atomic E-state index is 12.8. The van der Waals surface area contributed by atoms with Gasteiger partial charge in [0, 0.05) is 18.0 Å². The van der Waals surface area contributed by atoms with Gasteiger partial charge in [-0.1, -0.05) is 0 Å². The smallest absolute Gasteiger partial charge is 0.262 e. The molecule has 0 unspecified atom stereocenters. The summed E-state index contributed by atoms with van der Waals surface area (Å²) in [5, 5.41) is 6.30. The molecule has 0 atom stereocenters. The van der Waals surface area contributed by atoms with Gasteiger partial charge in [0.1, 0.15) is 11.5 Å². The number of pyridine rings is 1. The van der Waals surface area contributed by atoms with Crippen LogP contribution < -0.4 is 24.8 Å². The van der Waals surface area contributed by atoms with Crippen LogP contribution in [0.2, 0.25) is 0 Å². The number of hydrogen-bond donors (Lipinski definition) is 3. The minimum atomic E-state index is -3.82. The van der Waals surface area contributed by atoms with Crippen molar-refractivity contribution in [2.45, 2.75) is 11.8 Å². The first kappa shape index (κ1) is 22.3. The molecule has 8 nitrogen and oxygen atoms in total. The van der Waals surface area contributed by atoms with E-state index in [0.717, 1.165) is 5.69 Å². The van der Waals surface area contributed by atoms with Gasteiger partial charge in [-0.2, -0.15) is 0 Å². The number of hydrogen-bond acceptors (Lipinski definition) is 6. The lowest BCUT2D eigenvalue weighted by atomic mass is 10.3. The van der Waals surface area contributed by atoms with Crippen molar-refractivity contribution in [3.63, 3.8) is 0 Å². The molecule has 0 saturated heterocycles. The number of nitrogens with one attached hydrogen (secondary N) is 3. The SMILES string of the molecule is CCOc1ccc(NS(=O)(=O)c2ccc(NC(=S)Nc3cccnc3)c(OC)c2)cc1. The Hall–Kier alpha value is -3.37. The van der Waals surface area contributed by atoms with Gasteiger partial charge in [0.2, 0.25) is 0 Å². The Morgan fingerprint density at radius 2 is 1.84 bits per heavy atom. The molecule has 0 spiro atoms. The predicted molar refractivity (Wildman–Crippen MR) is 125 cm³/mol. The van der Waals surface area contributed by atoms with E-state index in [9.17, 15) is 8.42 Å². The van der Waals surface area contributed by atoms with E-state index in [0.29, 0.717) is 34.6 Å². The van der Waals surface area contributed by atoms with Crippen LogP contribution in [0.5, 0.6) is 11.5 Å². The van der Waals surface area contributed by atoms with Crippen molar-refractivity contribution < 1.29 is 17.9 Å². The van der Waals surface area contributed by atoms with Crippen LogP contribution in [-0.4, -0.2) is 32.2 Å². The summed E-state index contributed by atoms with van der Waals surface area (Å²) >= 11 is 5.30. The summed E-state index contributed by atoms with van der Waals surface area (Å²) in [6.07, 6.45) is 3.29. The topological polar surface area (TPSA) is 102 Å². The van der Waals surface area contributed by atoms with Crippen molar-refractivity contribution in [2.75, 3.05) is 29.1 Å². The maximum Gasteiger partial charge on any atom is 0.262 e. The number of aromatic nitrogens is 1. The van der Waals surface area contributed by atoms with Gasteiger partial charge >= 0.3 is 0 Å². The number of sulfonamides is 1. The summed E-state index contributed by atoms with van der Waals surface area (Å²) < 4.78 is 38.8. The van der Waals surface area contributed by atoms with Crippen molar-refractivity contribution >= 4 is 44.4 Å². The summed E-state index contributed by atoms with van der Waals surface area (Å²) in [7, 11) is -2.37. The van der Waals surface area contributed by atoms with Gasteiger partial charge in [-0.25, -0.2) is 8.42 Å². The summed E-state index contributed by atoms with van der Waals surface area (Å²) in [6.45, 7) is 2.41. The number of benzene rings is 2. The molecule has 0 radical (unpaired) electrons.